The zero-order valence-corrected chi connectivity index (χ0v) is 13.2. The topological polar surface area (TPSA) is 35.5 Å². The number of aliphatic hydroxyl groups is 1. The number of hydrogen-bond donors (Lipinski definition) is 2. The summed E-state index contributed by atoms with van der Waals surface area (Å²) in [5, 5.41) is 12.3. The molecule has 1 aromatic rings. The van der Waals surface area contributed by atoms with Crippen LogP contribution >= 0.6 is 12.4 Å². The van der Waals surface area contributed by atoms with Gasteiger partial charge in [0.2, 0.25) is 0 Å². The zero-order chi connectivity index (χ0) is 14.8. The number of nitrogens with zero attached hydrogens (tertiary/aromatic N) is 1. The maximum absolute atomic E-state index is 14.3. The molecule has 0 bridgehead atoms. The Morgan fingerprint density at radius 2 is 1.90 bits per heavy atom. The standard InChI is InChI=1S/C15H22F2N2O.ClH/c1-11-3-4-12(2)13(9-11)14(15(16,17)10-20)19-7-5-18-6-8-19;/h3-4,9,14,18,20H,5-8,10H2,1-2H3;1H/t14-;/m1./s1. The van der Waals surface area contributed by atoms with Crippen LogP contribution in [-0.2, 0) is 0 Å². The molecule has 1 atom stereocenters. The molecular formula is C15H23ClF2N2O. The second-order valence-electron chi connectivity index (χ2n) is 5.47. The van der Waals surface area contributed by atoms with Crippen molar-refractivity contribution in [3.8, 4) is 0 Å². The highest BCUT2D eigenvalue weighted by atomic mass is 35.5. The van der Waals surface area contributed by atoms with Gasteiger partial charge in [0.25, 0.3) is 5.92 Å². The lowest BCUT2D eigenvalue weighted by Crippen LogP contribution is -2.51. The lowest BCUT2D eigenvalue weighted by molar-refractivity contribution is -0.118. The molecule has 1 saturated heterocycles. The van der Waals surface area contributed by atoms with Gasteiger partial charge in [0.1, 0.15) is 12.6 Å². The maximum atomic E-state index is 14.3. The van der Waals surface area contributed by atoms with E-state index < -0.39 is 18.6 Å². The summed E-state index contributed by atoms with van der Waals surface area (Å²) in [6.07, 6.45) is 0. The van der Waals surface area contributed by atoms with E-state index in [1.807, 2.05) is 32.0 Å². The molecule has 0 amide bonds. The Morgan fingerprint density at radius 3 is 2.48 bits per heavy atom. The first-order chi connectivity index (χ1) is 9.45. The Bertz CT molecular complexity index is 465. The van der Waals surface area contributed by atoms with Crippen LogP contribution in [0.3, 0.4) is 0 Å². The number of aryl methyl sites for hydroxylation is 2. The van der Waals surface area contributed by atoms with Crippen LogP contribution in [0.1, 0.15) is 22.7 Å². The van der Waals surface area contributed by atoms with Crippen LogP contribution in [0.4, 0.5) is 8.78 Å². The maximum Gasteiger partial charge on any atom is 0.289 e. The molecular weight excluding hydrogens is 298 g/mol. The lowest BCUT2D eigenvalue weighted by Gasteiger charge is -2.39. The number of alkyl halides is 2. The molecule has 1 fully saturated rings. The highest BCUT2D eigenvalue weighted by molar-refractivity contribution is 5.85. The molecule has 0 radical (unpaired) electrons. The van der Waals surface area contributed by atoms with E-state index in [0.29, 0.717) is 31.7 Å². The number of nitrogens with one attached hydrogen (secondary N) is 1. The van der Waals surface area contributed by atoms with Gasteiger partial charge in [-0.05, 0) is 25.0 Å². The molecule has 1 aromatic carbocycles. The van der Waals surface area contributed by atoms with Crippen molar-refractivity contribution in [1.29, 1.82) is 0 Å². The van der Waals surface area contributed by atoms with Crippen LogP contribution in [0.15, 0.2) is 18.2 Å². The molecule has 2 N–H and O–H groups in total. The third kappa shape index (κ3) is 4.13. The van der Waals surface area contributed by atoms with Crippen molar-refractivity contribution < 1.29 is 13.9 Å². The minimum absolute atomic E-state index is 0. The van der Waals surface area contributed by atoms with E-state index >= 15 is 0 Å². The number of rotatable bonds is 4. The average Bonchev–Trinajstić information content (AvgIpc) is 2.44. The first-order valence-corrected chi connectivity index (χ1v) is 6.96. The van der Waals surface area contributed by atoms with Gasteiger partial charge in [-0.25, -0.2) is 8.78 Å². The fraction of sp³-hybridized carbons (Fsp3) is 0.600. The summed E-state index contributed by atoms with van der Waals surface area (Å²) in [7, 11) is 0. The lowest BCUT2D eigenvalue weighted by atomic mass is 9.93. The molecule has 1 aliphatic heterocycles. The van der Waals surface area contributed by atoms with Crippen LogP contribution in [0, 0.1) is 13.8 Å². The van der Waals surface area contributed by atoms with Gasteiger partial charge in [-0.3, -0.25) is 4.90 Å². The number of piperazine rings is 1. The van der Waals surface area contributed by atoms with Crippen LogP contribution in [0.2, 0.25) is 0 Å². The monoisotopic (exact) mass is 320 g/mol. The fourth-order valence-electron chi connectivity index (χ4n) is 2.77. The largest absolute Gasteiger partial charge is 0.390 e. The SMILES string of the molecule is Cc1ccc(C)c([C@@H](N2CCNCC2)C(F)(F)CO)c1.Cl. The van der Waals surface area contributed by atoms with Crippen molar-refractivity contribution in [3.05, 3.63) is 34.9 Å². The normalized spacial score (nSPS) is 18.1. The molecule has 120 valence electrons. The van der Waals surface area contributed by atoms with E-state index in [1.54, 1.807) is 4.90 Å². The summed E-state index contributed by atoms with van der Waals surface area (Å²) in [4.78, 5) is 1.77. The minimum atomic E-state index is -3.14. The highest BCUT2D eigenvalue weighted by Crippen LogP contribution is 2.38. The van der Waals surface area contributed by atoms with E-state index in [1.165, 1.54) is 0 Å². The predicted molar refractivity (Wildman–Crippen MR) is 82.4 cm³/mol. The Hall–Kier alpha value is -0.750. The number of hydrogen-bond acceptors (Lipinski definition) is 3. The summed E-state index contributed by atoms with van der Waals surface area (Å²) in [6.45, 7) is 5.13. The third-order valence-electron chi connectivity index (χ3n) is 3.86. The first kappa shape index (κ1) is 18.3. The predicted octanol–water partition coefficient (Wildman–Crippen LogP) is 2.30. The third-order valence-corrected chi connectivity index (χ3v) is 3.86. The van der Waals surface area contributed by atoms with Crippen molar-refractivity contribution >= 4 is 12.4 Å². The van der Waals surface area contributed by atoms with Crippen molar-refractivity contribution in [3.63, 3.8) is 0 Å². The van der Waals surface area contributed by atoms with Crippen molar-refractivity contribution in [1.82, 2.24) is 10.2 Å². The number of benzene rings is 1. The van der Waals surface area contributed by atoms with Crippen molar-refractivity contribution in [2.24, 2.45) is 0 Å². The molecule has 0 saturated carbocycles. The van der Waals surface area contributed by atoms with Gasteiger partial charge >= 0.3 is 0 Å². The summed E-state index contributed by atoms with van der Waals surface area (Å²) in [6, 6.07) is 4.54. The van der Waals surface area contributed by atoms with Crippen LogP contribution in [0.5, 0.6) is 0 Å². The summed E-state index contributed by atoms with van der Waals surface area (Å²) in [5.74, 6) is -3.14. The number of aliphatic hydroxyl groups excluding tert-OH is 1. The van der Waals surface area contributed by atoms with Gasteiger partial charge in [0.05, 0.1) is 0 Å². The average molecular weight is 321 g/mol. The van der Waals surface area contributed by atoms with E-state index in [0.717, 1.165) is 11.1 Å². The first-order valence-electron chi connectivity index (χ1n) is 6.96. The van der Waals surface area contributed by atoms with Crippen LogP contribution in [-0.4, -0.2) is 48.7 Å². The summed E-state index contributed by atoms with van der Waals surface area (Å²) >= 11 is 0. The quantitative estimate of drug-likeness (QED) is 0.893. The van der Waals surface area contributed by atoms with E-state index in [4.69, 9.17) is 5.11 Å². The van der Waals surface area contributed by atoms with E-state index in [-0.39, 0.29) is 12.4 Å². The molecule has 21 heavy (non-hydrogen) atoms. The molecule has 1 aliphatic rings. The molecule has 2 rings (SSSR count). The van der Waals surface area contributed by atoms with Gasteiger partial charge in [-0.2, -0.15) is 0 Å². The molecule has 0 aliphatic carbocycles. The molecule has 3 nitrogen and oxygen atoms in total. The molecule has 0 unspecified atom stereocenters. The molecule has 0 aromatic heterocycles. The van der Waals surface area contributed by atoms with Crippen LogP contribution in [0.25, 0.3) is 0 Å². The van der Waals surface area contributed by atoms with E-state index in [2.05, 4.69) is 5.32 Å². The van der Waals surface area contributed by atoms with Gasteiger partial charge in [0, 0.05) is 26.2 Å². The second kappa shape index (κ2) is 7.49. The highest BCUT2D eigenvalue weighted by Gasteiger charge is 2.44. The summed E-state index contributed by atoms with van der Waals surface area (Å²) in [5.41, 5.74) is 2.41. The Balaban J connectivity index is 0.00000220. The van der Waals surface area contributed by atoms with Crippen LogP contribution < -0.4 is 5.32 Å². The van der Waals surface area contributed by atoms with Crippen molar-refractivity contribution in [2.75, 3.05) is 32.8 Å². The number of halogens is 3. The molecule has 6 heteroatoms. The van der Waals surface area contributed by atoms with E-state index in [9.17, 15) is 8.78 Å². The minimum Gasteiger partial charge on any atom is -0.390 e. The Morgan fingerprint density at radius 1 is 1.29 bits per heavy atom. The molecule has 0 spiro atoms. The van der Waals surface area contributed by atoms with Crippen molar-refractivity contribution in [2.45, 2.75) is 25.8 Å². The van der Waals surface area contributed by atoms with Gasteiger partial charge in [-0.15, -0.1) is 12.4 Å². The second-order valence-corrected chi connectivity index (χ2v) is 5.47. The Labute approximate surface area is 130 Å². The summed E-state index contributed by atoms with van der Waals surface area (Å²) < 4.78 is 28.6. The zero-order valence-electron chi connectivity index (χ0n) is 12.4. The Kier molecular flexibility index (Phi) is 6.53. The fourth-order valence-corrected chi connectivity index (χ4v) is 2.77. The molecule has 1 heterocycles. The smallest absolute Gasteiger partial charge is 0.289 e. The van der Waals surface area contributed by atoms with Gasteiger partial charge < -0.3 is 10.4 Å². The van der Waals surface area contributed by atoms with Gasteiger partial charge in [0.15, 0.2) is 0 Å². The van der Waals surface area contributed by atoms with Gasteiger partial charge in [-0.1, -0.05) is 23.8 Å².